The Balaban J connectivity index is 2.17. The summed E-state index contributed by atoms with van der Waals surface area (Å²) >= 11 is 0. The molecular formula is C16H17FO2. The SMILES string of the molecule is COc1ccc(CC(C)(O)c2ccc(F)cc2)cc1. The molecule has 2 aromatic carbocycles. The quantitative estimate of drug-likeness (QED) is 0.914. The van der Waals surface area contributed by atoms with Gasteiger partial charge in [-0.15, -0.1) is 0 Å². The molecule has 1 unspecified atom stereocenters. The molecule has 1 atom stereocenters. The van der Waals surface area contributed by atoms with Crippen molar-refractivity contribution in [2.45, 2.75) is 18.9 Å². The van der Waals surface area contributed by atoms with Gasteiger partial charge in [-0.3, -0.25) is 0 Å². The van der Waals surface area contributed by atoms with Gasteiger partial charge in [0.15, 0.2) is 0 Å². The van der Waals surface area contributed by atoms with Gasteiger partial charge in [0.25, 0.3) is 0 Å². The molecule has 0 amide bonds. The first kappa shape index (κ1) is 13.6. The Morgan fingerprint density at radius 2 is 1.63 bits per heavy atom. The third kappa shape index (κ3) is 3.32. The third-order valence-corrected chi connectivity index (χ3v) is 3.17. The Morgan fingerprint density at radius 3 is 2.16 bits per heavy atom. The van der Waals surface area contributed by atoms with Crippen LogP contribution in [0.25, 0.3) is 0 Å². The standard InChI is InChI=1S/C16H17FO2/c1-16(18,13-5-7-14(17)8-6-13)11-12-3-9-15(19-2)10-4-12/h3-10,18H,11H2,1-2H3. The molecule has 0 radical (unpaired) electrons. The fourth-order valence-corrected chi connectivity index (χ4v) is 2.05. The van der Waals surface area contributed by atoms with Crippen LogP contribution in [0.4, 0.5) is 4.39 Å². The number of methoxy groups -OCH3 is 1. The van der Waals surface area contributed by atoms with E-state index < -0.39 is 5.60 Å². The molecule has 0 aliphatic carbocycles. The second kappa shape index (κ2) is 5.41. The van der Waals surface area contributed by atoms with Crippen molar-refractivity contribution in [1.82, 2.24) is 0 Å². The van der Waals surface area contributed by atoms with Crippen molar-refractivity contribution in [3.63, 3.8) is 0 Å². The number of hydrogen-bond acceptors (Lipinski definition) is 2. The van der Waals surface area contributed by atoms with Gasteiger partial charge in [0.1, 0.15) is 11.6 Å². The van der Waals surface area contributed by atoms with Crippen molar-refractivity contribution >= 4 is 0 Å². The van der Waals surface area contributed by atoms with Gasteiger partial charge in [-0.1, -0.05) is 24.3 Å². The zero-order chi connectivity index (χ0) is 13.9. The summed E-state index contributed by atoms with van der Waals surface area (Å²) in [4.78, 5) is 0. The average molecular weight is 260 g/mol. The van der Waals surface area contributed by atoms with Gasteiger partial charge in [0.05, 0.1) is 12.7 Å². The zero-order valence-corrected chi connectivity index (χ0v) is 11.1. The van der Waals surface area contributed by atoms with Crippen LogP contribution < -0.4 is 4.74 Å². The first-order valence-electron chi connectivity index (χ1n) is 6.12. The predicted molar refractivity (Wildman–Crippen MR) is 72.7 cm³/mol. The Kier molecular flexibility index (Phi) is 3.86. The maximum Gasteiger partial charge on any atom is 0.123 e. The molecule has 0 saturated carbocycles. The Hall–Kier alpha value is -1.87. The predicted octanol–water partition coefficient (Wildman–Crippen LogP) is 3.28. The van der Waals surface area contributed by atoms with Crippen LogP contribution >= 0.6 is 0 Å². The Morgan fingerprint density at radius 1 is 1.05 bits per heavy atom. The number of hydrogen-bond donors (Lipinski definition) is 1. The molecule has 100 valence electrons. The highest BCUT2D eigenvalue weighted by molar-refractivity contribution is 5.30. The molecule has 0 spiro atoms. The van der Waals surface area contributed by atoms with Crippen LogP contribution in [0.15, 0.2) is 48.5 Å². The van der Waals surface area contributed by atoms with Crippen molar-refractivity contribution in [2.75, 3.05) is 7.11 Å². The fourth-order valence-electron chi connectivity index (χ4n) is 2.05. The van der Waals surface area contributed by atoms with Gasteiger partial charge in [0.2, 0.25) is 0 Å². The van der Waals surface area contributed by atoms with Crippen LogP contribution in [-0.2, 0) is 12.0 Å². The molecule has 0 fully saturated rings. The van der Waals surface area contributed by atoms with Crippen molar-refractivity contribution in [2.24, 2.45) is 0 Å². The first-order chi connectivity index (χ1) is 9.01. The van der Waals surface area contributed by atoms with E-state index in [1.807, 2.05) is 24.3 Å². The second-order valence-electron chi connectivity index (χ2n) is 4.81. The van der Waals surface area contributed by atoms with Gasteiger partial charge in [0, 0.05) is 6.42 Å². The van der Waals surface area contributed by atoms with E-state index >= 15 is 0 Å². The maximum atomic E-state index is 12.9. The fraction of sp³-hybridized carbons (Fsp3) is 0.250. The number of benzene rings is 2. The summed E-state index contributed by atoms with van der Waals surface area (Å²) in [6, 6.07) is 13.5. The molecule has 2 nitrogen and oxygen atoms in total. The normalized spacial score (nSPS) is 13.9. The summed E-state index contributed by atoms with van der Waals surface area (Å²) < 4.78 is 18.0. The van der Waals surface area contributed by atoms with Crippen molar-refractivity contribution in [1.29, 1.82) is 0 Å². The van der Waals surface area contributed by atoms with E-state index in [0.29, 0.717) is 12.0 Å². The van der Waals surface area contributed by atoms with Gasteiger partial charge in [-0.2, -0.15) is 0 Å². The van der Waals surface area contributed by atoms with Crippen molar-refractivity contribution in [3.05, 3.63) is 65.5 Å². The minimum Gasteiger partial charge on any atom is -0.497 e. The number of rotatable bonds is 4. The summed E-state index contributed by atoms with van der Waals surface area (Å²) in [5, 5.41) is 10.5. The molecule has 2 rings (SSSR count). The highest BCUT2D eigenvalue weighted by Gasteiger charge is 2.23. The lowest BCUT2D eigenvalue weighted by Gasteiger charge is -2.24. The number of ether oxygens (including phenoxy) is 1. The molecule has 3 heteroatoms. The number of halogens is 1. The van der Waals surface area contributed by atoms with E-state index in [0.717, 1.165) is 11.3 Å². The molecule has 2 aromatic rings. The molecule has 0 aliphatic rings. The minimum atomic E-state index is -1.03. The molecule has 0 saturated heterocycles. The summed E-state index contributed by atoms with van der Waals surface area (Å²) in [6.07, 6.45) is 0.461. The number of aliphatic hydroxyl groups is 1. The third-order valence-electron chi connectivity index (χ3n) is 3.17. The Bertz CT molecular complexity index is 530. The van der Waals surface area contributed by atoms with Crippen LogP contribution in [0, 0.1) is 5.82 Å². The van der Waals surface area contributed by atoms with Gasteiger partial charge in [-0.05, 0) is 42.3 Å². The summed E-state index contributed by atoms with van der Waals surface area (Å²) in [7, 11) is 1.61. The molecule has 0 aromatic heterocycles. The van der Waals surface area contributed by atoms with E-state index in [9.17, 15) is 9.50 Å². The highest BCUT2D eigenvalue weighted by atomic mass is 19.1. The van der Waals surface area contributed by atoms with Crippen LogP contribution in [-0.4, -0.2) is 12.2 Å². The average Bonchev–Trinajstić information content (AvgIpc) is 2.40. The van der Waals surface area contributed by atoms with E-state index in [1.165, 1.54) is 12.1 Å². The monoisotopic (exact) mass is 260 g/mol. The molecular weight excluding hydrogens is 243 g/mol. The van der Waals surface area contributed by atoms with Gasteiger partial charge >= 0.3 is 0 Å². The molecule has 0 bridgehead atoms. The van der Waals surface area contributed by atoms with E-state index in [2.05, 4.69) is 0 Å². The topological polar surface area (TPSA) is 29.5 Å². The minimum absolute atomic E-state index is 0.302. The van der Waals surface area contributed by atoms with Gasteiger partial charge < -0.3 is 9.84 Å². The largest absolute Gasteiger partial charge is 0.497 e. The second-order valence-corrected chi connectivity index (χ2v) is 4.81. The lowest BCUT2D eigenvalue weighted by atomic mass is 9.89. The van der Waals surface area contributed by atoms with Crippen LogP contribution in [0.2, 0.25) is 0 Å². The molecule has 0 aliphatic heterocycles. The molecule has 0 heterocycles. The molecule has 1 N–H and O–H groups in total. The zero-order valence-electron chi connectivity index (χ0n) is 11.1. The lowest BCUT2D eigenvalue weighted by Crippen LogP contribution is -2.24. The maximum absolute atomic E-state index is 12.9. The molecule has 19 heavy (non-hydrogen) atoms. The van der Waals surface area contributed by atoms with Crippen molar-refractivity contribution in [3.8, 4) is 5.75 Å². The van der Waals surface area contributed by atoms with E-state index in [1.54, 1.807) is 26.2 Å². The Labute approximate surface area is 112 Å². The van der Waals surface area contributed by atoms with E-state index in [-0.39, 0.29) is 5.82 Å². The van der Waals surface area contributed by atoms with Gasteiger partial charge in [-0.25, -0.2) is 4.39 Å². The van der Waals surface area contributed by atoms with Crippen LogP contribution in [0.3, 0.4) is 0 Å². The van der Waals surface area contributed by atoms with Crippen molar-refractivity contribution < 1.29 is 14.2 Å². The summed E-state index contributed by atoms with van der Waals surface area (Å²) in [6.45, 7) is 1.73. The summed E-state index contributed by atoms with van der Waals surface area (Å²) in [5.41, 5.74) is 0.669. The first-order valence-corrected chi connectivity index (χ1v) is 6.12. The highest BCUT2D eigenvalue weighted by Crippen LogP contribution is 2.26. The van der Waals surface area contributed by atoms with E-state index in [4.69, 9.17) is 4.74 Å². The van der Waals surface area contributed by atoms with Crippen LogP contribution in [0.5, 0.6) is 5.75 Å². The van der Waals surface area contributed by atoms with Crippen LogP contribution in [0.1, 0.15) is 18.1 Å². The summed E-state index contributed by atoms with van der Waals surface area (Å²) in [5.74, 6) is 0.481. The lowest BCUT2D eigenvalue weighted by molar-refractivity contribution is 0.0575. The smallest absolute Gasteiger partial charge is 0.123 e.